The Morgan fingerprint density at radius 3 is 2.40 bits per heavy atom. The number of Topliss-reactive ketones (excluding diaryl/α,β-unsaturated/α-hetero) is 1. The topological polar surface area (TPSA) is 29.1 Å². The molecule has 1 rings (SSSR count). The van der Waals surface area contributed by atoms with Crippen LogP contribution in [0.15, 0.2) is 0 Å². The van der Waals surface area contributed by atoms with Crippen molar-refractivity contribution >= 4 is 5.78 Å². The third-order valence-electron chi connectivity index (χ3n) is 3.47. The average Bonchev–Trinajstić information content (AvgIpc) is 2.21. The molecule has 0 aliphatic heterocycles. The molecule has 2 heteroatoms. The van der Waals surface area contributed by atoms with Gasteiger partial charge in [-0.05, 0) is 38.1 Å². The van der Waals surface area contributed by atoms with Crippen LogP contribution in [-0.2, 0) is 4.79 Å². The summed E-state index contributed by atoms with van der Waals surface area (Å²) >= 11 is 0. The molecule has 0 aromatic rings. The van der Waals surface area contributed by atoms with E-state index in [0.717, 1.165) is 13.0 Å². The van der Waals surface area contributed by atoms with Crippen LogP contribution in [-0.4, -0.2) is 18.4 Å². The zero-order valence-electron chi connectivity index (χ0n) is 10.4. The minimum absolute atomic E-state index is 0. The molecule has 0 spiro atoms. The van der Waals surface area contributed by atoms with Crippen LogP contribution in [0.2, 0.25) is 0 Å². The van der Waals surface area contributed by atoms with Crippen LogP contribution in [0, 0.1) is 11.8 Å². The number of carbonyl (C=O) groups excluding carboxylic acids is 1. The Hall–Kier alpha value is -0.370. The largest absolute Gasteiger partial charge is 0.314 e. The van der Waals surface area contributed by atoms with Gasteiger partial charge in [-0.1, -0.05) is 20.8 Å². The van der Waals surface area contributed by atoms with Crippen LogP contribution < -0.4 is 5.32 Å². The molecule has 90 valence electrons. The van der Waals surface area contributed by atoms with Gasteiger partial charge in [-0.2, -0.15) is 0 Å². The van der Waals surface area contributed by atoms with E-state index in [2.05, 4.69) is 12.2 Å². The Balaban J connectivity index is 0.00000225. The zero-order chi connectivity index (χ0) is 11.3. The molecular formula is C13H27NO. The predicted octanol–water partition coefficient (Wildman–Crippen LogP) is 3.02. The van der Waals surface area contributed by atoms with Crippen molar-refractivity contribution in [2.75, 3.05) is 6.54 Å². The highest BCUT2D eigenvalue weighted by Crippen LogP contribution is 2.27. The minimum Gasteiger partial charge on any atom is -0.314 e. The second-order valence-electron chi connectivity index (χ2n) is 5.10. The maximum Gasteiger partial charge on any atom is 0.135 e. The van der Waals surface area contributed by atoms with Crippen LogP contribution in [0.3, 0.4) is 0 Å². The van der Waals surface area contributed by atoms with Gasteiger partial charge in [0.15, 0.2) is 0 Å². The van der Waals surface area contributed by atoms with Crippen molar-refractivity contribution in [3.05, 3.63) is 0 Å². The Kier molecular flexibility index (Phi) is 5.30. The van der Waals surface area contributed by atoms with Gasteiger partial charge in [0.2, 0.25) is 0 Å². The fourth-order valence-corrected chi connectivity index (χ4v) is 2.38. The summed E-state index contributed by atoms with van der Waals surface area (Å²) in [5.41, 5.74) is 0. The molecule has 0 heterocycles. The van der Waals surface area contributed by atoms with Gasteiger partial charge in [-0.15, -0.1) is 0 Å². The second kappa shape index (κ2) is 6.26. The third-order valence-corrected chi connectivity index (χ3v) is 3.47. The molecule has 0 radical (unpaired) electrons. The van der Waals surface area contributed by atoms with E-state index in [4.69, 9.17) is 0 Å². The number of carbonyl (C=O) groups is 1. The summed E-state index contributed by atoms with van der Waals surface area (Å²) in [5.74, 6) is 1.33. The monoisotopic (exact) mass is 213 g/mol. The summed E-state index contributed by atoms with van der Waals surface area (Å²) < 4.78 is 0. The molecule has 0 saturated heterocycles. The highest BCUT2D eigenvalue weighted by atomic mass is 16.1. The standard InChI is InChI=1S/C13H25NO.H2/c1-4-14-12-7-5-11(6-8-12)9-13(15)10(2)3;/h10-12,14H,4-9H2,1-3H3;1H. The molecule has 1 N–H and O–H groups in total. The molecule has 1 saturated carbocycles. The normalized spacial score (nSPS) is 26.9. The van der Waals surface area contributed by atoms with Gasteiger partial charge in [-0.3, -0.25) is 4.79 Å². The van der Waals surface area contributed by atoms with Crippen molar-refractivity contribution in [1.29, 1.82) is 0 Å². The van der Waals surface area contributed by atoms with Crippen molar-refractivity contribution in [3.8, 4) is 0 Å². The summed E-state index contributed by atoms with van der Waals surface area (Å²) in [7, 11) is 0. The molecule has 0 bridgehead atoms. The van der Waals surface area contributed by atoms with Crippen LogP contribution in [0.4, 0.5) is 0 Å². The number of nitrogens with one attached hydrogen (secondary N) is 1. The second-order valence-corrected chi connectivity index (χ2v) is 5.10. The summed E-state index contributed by atoms with van der Waals surface area (Å²) in [6, 6.07) is 0.709. The Labute approximate surface area is 95.3 Å². The predicted molar refractivity (Wildman–Crippen MR) is 66.0 cm³/mol. The van der Waals surface area contributed by atoms with Crippen molar-refractivity contribution in [2.24, 2.45) is 11.8 Å². The molecule has 1 aliphatic rings. The fraction of sp³-hybridized carbons (Fsp3) is 0.923. The summed E-state index contributed by atoms with van der Waals surface area (Å²) in [5, 5.41) is 3.50. The lowest BCUT2D eigenvalue weighted by atomic mass is 9.82. The first kappa shape index (κ1) is 12.7. The smallest absolute Gasteiger partial charge is 0.135 e. The minimum atomic E-state index is 0. The lowest BCUT2D eigenvalue weighted by Crippen LogP contribution is -2.33. The van der Waals surface area contributed by atoms with Crippen LogP contribution in [0.25, 0.3) is 0 Å². The quantitative estimate of drug-likeness (QED) is 0.760. The van der Waals surface area contributed by atoms with E-state index in [1.54, 1.807) is 0 Å². The van der Waals surface area contributed by atoms with Crippen LogP contribution in [0.5, 0.6) is 0 Å². The van der Waals surface area contributed by atoms with Crippen molar-refractivity contribution in [3.63, 3.8) is 0 Å². The highest BCUT2D eigenvalue weighted by Gasteiger charge is 2.23. The van der Waals surface area contributed by atoms with E-state index in [9.17, 15) is 4.79 Å². The molecule has 0 aromatic heterocycles. The lowest BCUT2D eigenvalue weighted by molar-refractivity contribution is -0.123. The van der Waals surface area contributed by atoms with Crippen molar-refractivity contribution in [2.45, 2.75) is 58.9 Å². The van der Waals surface area contributed by atoms with E-state index in [0.29, 0.717) is 17.7 Å². The van der Waals surface area contributed by atoms with Crippen LogP contribution in [0.1, 0.15) is 54.3 Å². The number of hydrogen-bond donors (Lipinski definition) is 1. The highest BCUT2D eigenvalue weighted by molar-refractivity contribution is 5.80. The van der Waals surface area contributed by atoms with E-state index in [1.807, 2.05) is 13.8 Å². The van der Waals surface area contributed by atoms with Gasteiger partial charge >= 0.3 is 0 Å². The summed E-state index contributed by atoms with van der Waals surface area (Å²) in [6.07, 6.45) is 5.79. The van der Waals surface area contributed by atoms with Crippen molar-refractivity contribution < 1.29 is 6.22 Å². The maximum absolute atomic E-state index is 11.6. The molecule has 2 nitrogen and oxygen atoms in total. The molecule has 0 amide bonds. The van der Waals surface area contributed by atoms with E-state index < -0.39 is 0 Å². The first-order chi connectivity index (χ1) is 7.13. The van der Waals surface area contributed by atoms with Gasteiger partial charge in [0.05, 0.1) is 0 Å². The van der Waals surface area contributed by atoms with Gasteiger partial charge in [-0.25, -0.2) is 0 Å². The average molecular weight is 213 g/mol. The SMILES string of the molecule is CCNC1CCC(CC(=O)C(C)C)CC1.[HH]. The lowest BCUT2D eigenvalue weighted by Gasteiger charge is -2.28. The van der Waals surface area contributed by atoms with Gasteiger partial charge < -0.3 is 5.32 Å². The molecule has 15 heavy (non-hydrogen) atoms. The molecular weight excluding hydrogens is 186 g/mol. The summed E-state index contributed by atoms with van der Waals surface area (Å²) in [6.45, 7) is 7.24. The Morgan fingerprint density at radius 2 is 1.93 bits per heavy atom. The van der Waals surface area contributed by atoms with Crippen molar-refractivity contribution in [1.82, 2.24) is 5.32 Å². The molecule has 1 fully saturated rings. The van der Waals surface area contributed by atoms with E-state index >= 15 is 0 Å². The first-order valence-corrected chi connectivity index (χ1v) is 6.39. The summed E-state index contributed by atoms with van der Waals surface area (Å²) in [4.78, 5) is 11.6. The third kappa shape index (κ3) is 4.33. The molecule has 0 unspecified atom stereocenters. The molecule has 1 aliphatic carbocycles. The maximum atomic E-state index is 11.6. The number of ketones is 1. The Morgan fingerprint density at radius 1 is 1.33 bits per heavy atom. The Bertz CT molecular complexity index is 198. The van der Waals surface area contributed by atoms with E-state index in [1.165, 1.54) is 25.7 Å². The van der Waals surface area contributed by atoms with Gasteiger partial charge in [0, 0.05) is 19.8 Å². The van der Waals surface area contributed by atoms with E-state index in [-0.39, 0.29) is 7.34 Å². The first-order valence-electron chi connectivity index (χ1n) is 6.39. The number of rotatable bonds is 5. The fourth-order valence-electron chi connectivity index (χ4n) is 2.38. The van der Waals surface area contributed by atoms with Gasteiger partial charge in [0.25, 0.3) is 0 Å². The molecule has 0 aromatic carbocycles. The van der Waals surface area contributed by atoms with Crippen LogP contribution >= 0.6 is 0 Å². The number of hydrogen-bond acceptors (Lipinski definition) is 2. The van der Waals surface area contributed by atoms with Gasteiger partial charge in [0.1, 0.15) is 5.78 Å². The zero-order valence-corrected chi connectivity index (χ0v) is 10.4. The molecule has 0 atom stereocenters.